The smallest absolute Gasteiger partial charge is 0.330 e. The molecule has 1 atom stereocenters. The number of hydrogen-bond donors (Lipinski definition) is 1. The van der Waals surface area contributed by atoms with E-state index in [-0.39, 0.29) is 11.9 Å². The van der Waals surface area contributed by atoms with Crippen LogP contribution < -0.4 is 16.6 Å². The molecule has 0 aromatic carbocycles. The van der Waals surface area contributed by atoms with Crippen LogP contribution in [0.2, 0.25) is 0 Å². The van der Waals surface area contributed by atoms with Gasteiger partial charge in [0.25, 0.3) is 5.56 Å². The van der Waals surface area contributed by atoms with E-state index in [4.69, 9.17) is 4.74 Å². The summed E-state index contributed by atoms with van der Waals surface area (Å²) in [5, 5.41) is 2.91. The van der Waals surface area contributed by atoms with Gasteiger partial charge in [-0.2, -0.15) is 0 Å². The van der Waals surface area contributed by atoms with Gasteiger partial charge in [-0.15, -0.1) is 0 Å². The van der Waals surface area contributed by atoms with Crippen LogP contribution in [0.25, 0.3) is 6.08 Å². The highest BCUT2D eigenvalue weighted by atomic mass is 16.5. The number of aryl methyl sites for hydroxylation is 1. The Balaban J connectivity index is 2.00. The predicted octanol–water partition coefficient (Wildman–Crippen LogP) is -0.430. The zero-order chi connectivity index (χ0) is 19.3. The third kappa shape index (κ3) is 4.92. The van der Waals surface area contributed by atoms with E-state index in [9.17, 15) is 14.4 Å². The van der Waals surface area contributed by atoms with Gasteiger partial charge in [0.15, 0.2) is 0 Å². The number of carbonyl (C=O) groups is 1. The first-order valence-corrected chi connectivity index (χ1v) is 8.85. The molecule has 1 fully saturated rings. The van der Waals surface area contributed by atoms with Gasteiger partial charge in [0.1, 0.15) is 0 Å². The van der Waals surface area contributed by atoms with E-state index < -0.39 is 11.2 Å². The van der Waals surface area contributed by atoms with Crippen LogP contribution in [0.15, 0.2) is 21.9 Å². The Labute approximate surface area is 153 Å². The summed E-state index contributed by atoms with van der Waals surface area (Å²) in [5.74, 6) is 0.133. The lowest BCUT2D eigenvalue weighted by molar-refractivity contribution is -0.116. The molecule has 0 saturated carbocycles. The molecule has 8 heteroatoms. The number of amides is 1. The summed E-state index contributed by atoms with van der Waals surface area (Å²) in [7, 11) is 2.98. The minimum absolute atomic E-state index is 0.238. The van der Waals surface area contributed by atoms with Crippen LogP contribution in [0.1, 0.15) is 19.4 Å². The van der Waals surface area contributed by atoms with Gasteiger partial charge in [0, 0.05) is 52.0 Å². The zero-order valence-electron chi connectivity index (χ0n) is 15.9. The van der Waals surface area contributed by atoms with Crippen molar-refractivity contribution in [3.63, 3.8) is 0 Å². The van der Waals surface area contributed by atoms with Gasteiger partial charge in [-0.1, -0.05) is 13.8 Å². The van der Waals surface area contributed by atoms with Gasteiger partial charge < -0.3 is 14.6 Å². The molecule has 0 radical (unpaired) electrons. The molecule has 144 valence electrons. The molecule has 0 spiro atoms. The number of rotatable bonds is 6. The molecular formula is C18H28N4O4. The normalized spacial score (nSPS) is 17.0. The third-order valence-electron chi connectivity index (χ3n) is 4.66. The van der Waals surface area contributed by atoms with Crippen molar-refractivity contribution in [2.24, 2.45) is 20.0 Å². The van der Waals surface area contributed by atoms with Gasteiger partial charge in [-0.05, 0) is 12.0 Å². The Morgan fingerprint density at radius 2 is 1.92 bits per heavy atom. The maximum absolute atomic E-state index is 12.2. The number of morpholine rings is 1. The molecular weight excluding hydrogens is 336 g/mol. The second-order valence-corrected chi connectivity index (χ2v) is 6.88. The van der Waals surface area contributed by atoms with E-state index in [2.05, 4.69) is 24.1 Å². The number of ether oxygens (including phenoxy) is 1. The fourth-order valence-corrected chi connectivity index (χ4v) is 3.08. The Morgan fingerprint density at radius 3 is 2.54 bits per heavy atom. The summed E-state index contributed by atoms with van der Waals surface area (Å²) in [5.41, 5.74) is -0.536. The summed E-state index contributed by atoms with van der Waals surface area (Å²) >= 11 is 0. The third-order valence-corrected chi connectivity index (χ3v) is 4.66. The Bertz CT molecular complexity index is 772. The summed E-state index contributed by atoms with van der Waals surface area (Å²) in [6.07, 6.45) is 4.20. The van der Waals surface area contributed by atoms with E-state index in [1.54, 1.807) is 7.05 Å². The van der Waals surface area contributed by atoms with Crippen molar-refractivity contribution in [1.82, 2.24) is 19.4 Å². The average molecular weight is 364 g/mol. The number of carbonyl (C=O) groups excluding carboxylic acids is 1. The van der Waals surface area contributed by atoms with E-state index in [0.29, 0.717) is 31.2 Å². The second kappa shape index (κ2) is 8.95. The van der Waals surface area contributed by atoms with Gasteiger partial charge >= 0.3 is 5.69 Å². The number of nitrogens with one attached hydrogen (secondary N) is 1. The molecule has 1 aromatic heterocycles. The standard InChI is InChI=1S/C18H28N4O4/c1-13(2)15(22-7-9-26-10-8-22)11-19-16(23)6-5-14-12-20(3)18(25)21(4)17(14)24/h5-6,12-13,15H,7-11H2,1-4H3,(H,19,23)/b6-5+. The first-order valence-electron chi connectivity index (χ1n) is 8.85. The average Bonchev–Trinajstić information content (AvgIpc) is 2.62. The number of nitrogens with zero attached hydrogens (tertiary/aromatic N) is 3. The molecule has 1 unspecified atom stereocenters. The molecule has 2 heterocycles. The minimum Gasteiger partial charge on any atom is -0.379 e. The predicted molar refractivity (Wildman–Crippen MR) is 100.0 cm³/mol. The highest BCUT2D eigenvalue weighted by molar-refractivity contribution is 5.91. The summed E-state index contributed by atoms with van der Waals surface area (Å²) in [6.45, 7) is 7.96. The molecule has 1 aliphatic rings. The summed E-state index contributed by atoms with van der Waals surface area (Å²) < 4.78 is 7.72. The van der Waals surface area contributed by atoms with Crippen molar-refractivity contribution in [2.75, 3.05) is 32.8 Å². The quantitative estimate of drug-likeness (QED) is 0.693. The minimum atomic E-state index is -0.425. The monoisotopic (exact) mass is 364 g/mol. The topological polar surface area (TPSA) is 85.6 Å². The van der Waals surface area contributed by atoms with Gasteiger partial charge in [-0.25, -0.2) is 4.79 Å². The fraction of sp³-hybridized carbons (Fsp3) is 0.611. The lowest BCUT2D eigenvalue weighted by atomic mass is 10.0. The Hall–Kier alpha value is -2.19. The lowest BCUT2D eigenvalue weighted by Crippen LogP contribution is -2.51. The van der Waals surface area contributed by atoms with Crippen molar-refractivity contribution in [3.05, 3.63) is 38.7 Å². The number of hydrogen-bond acceptors (Lipinski definition) is 5. The van der Waals surface area contributed by atoms with Crippen LogP contribution in [0.5, 0.6) is 0 Å². The molecule has 8 nitrogen and oxygen atoms in total. The van der Waals surface area contributed by atoms with E-state index in [1.165, 1.54) is 30.0 Å². The molecule has 1 aliphatic heterocycles. The highest BCUT2D eigenvalue weighted by Crippen LogP contribution is 2.12. The SMILES string of the molecule is CC(C)C(CNC(=O)/C=C/c1cn(C)c(=O)n(C)c1=O)N1CCOCC1. The van der Waals surface area contributed by atoms with Crippen LogP contribution in [0.4, 0.5) is 0 Å². The first kappa shape index (κ1) is 20.1. The van der Waals surface area contributed by atoms with Crippen molar-refractivity contribution < 1.29 is 9.53 Å². The highest BCUT2D eigenvalue weighted by Gasteiger charge is 2.23. The van der Waals surface area contributed by atoms with Gasteiger partial charge in [-0.3, -0.25) is 19.1 Å². The summed E-state index contributed by atoms with van der Waals surface area (Å²) in [4.78, 5) is 38.2. The van der Waals surface area contributed by atoms with Crippen molar-refractivity contribution in [1.29, 1.82) is 0 Å². The molecule has 0 aliphatic carbocycles. The summed E-state index contributed by atoms with van der Waals surface area (Å²) in [6, 6.07) is 0.238. The van der Waals surface area contributed by atoms with Crippen molar-refractivity contribution in [2.45, 2.75) is 19.9 Å². The molecule has 0 bridgehead atoms. The molecule has 1 N–H and O–H groups in total. The van der Waals surface area contributed by atoms with Crippen LogP contribution in [0, 0.1) is 5.92 Å². The van der Waals surface area contributed by atoms with E-state index in [0.717, 1.165) is 17.7 Å². The fourth-order valence-electron chi connectivity index (χ4n) is 3.08. The van der Waals surface area contributed by atoms with E-state index in [1.807, 2.05) is 0 Å². The van der Waals surface area contributed by atoms with Crippen LogP contribution in [0.3, 0.4) is 0 Å². The van der Waals surface area contributed by atoms with Gasteiger partial charge in [0.2, 0.25) is 5.91 Å². The van der Waals surface area contributed by atoms with Gasteiger partial charge in [0.05, 0.1) is 18.8 Å². The van der Waals surface area contributed by atoms with E-state index >= 15 is 0 Å². The molecule has 1 amide bonds. The van der Waals surface area contributed by atoms with Crippen LogP contribution >= 0.6 is 0 Å². The first-order chi connectivity index (χ1) is 12.3. The molecule has 2 rings (SSSR count). The second-order valence-electron chi connectivity index (χ2n) is 6.88. The zero-order valence-corrected chi connectivity index (χ0v) is 15.9. The Kier molecular flexibility index (Phi) is 6.93. The van der Waals surface area contributed by atoms with Crippen LogP contribution in [-0.4, -0.2) is 58.8 Å². The maximum atomic E-state index is 12.2. The van der Waals surface area contributed by atoms with Crippen LogP contribution in [-0.2, 0) is 23.6 Å². The van der Waals surface area contributed by atoms with Crippen molar-refractivity contribution >= 4 is 12.0 Å². The maximum Gasteiger partial charge on any atom is 0.330 e. The largest absolute Gasteiger partial charge is 0.379 e. The molecule has 26 heavy (non-hydrogen) atoms. The molecule has 1 aromatic rings. The lowest BCUT2D eigenvalue weighted by Gasteiger charge is -2.36. The molecule has 1 saturated heterocycles. The Morgan fingerprint density at radius 1 is 1.27 bits per heavy atom. The number of aromatic nitrogens is 2. The van der Waals surface area contributed by atoms with Crippen molar-refractivity contribution in [3.8, 4) is 0 Å².